The average Bonchev–Trinajstić information content (AvgIpc) is 2.45. The molecule has 2 nitrogen and oxygen atoms in total. The molecule has 0 spiro atoms. The van der Waals surface area contributed by atoms with Crippen LogP contribution in [0.2, 0.25) is 0 Å². The molecule has 106 valence electrons. The minimum absolute atomic E-state index is 0.477. The fourth-order valence-corrected chi connectivity index (χ4v) is 2.56. The molecule has 0 heterocycles. The Bertz CT molecular complexity index is 552. The number of rotatable bonds is 5. The van der Waals surface area contributed by atoms with Crippen LogP contribution in [0.3, 0.4) is 0 Å². The van der Waals surface area contributed by atoms with Gasteiger partial charge in [-0.15, -0.1) is 0 Å². The summed E-state index contributed by atoms with van der Waals surface area (Å²) in [4.78, 5) is 2.13. The average molecular weight is 333 g/mol. The van der Waals surface area contributed by atoms with Crippen molar-refractivity contribution in [1.29, 1.82) is 0 Å². The number of nitrogens with zero attached hydrogens (tertiary/aromatic N) is 1. The maximum Gasteiger partial charge on any atom is 0.0597 e. The molecular weight excluding hydrogens is 312 g/mol. The molecular formula is C17H21BrN2. The molecule has 2 rings (SSSR count). The van der Waals surface area contributed by atoms with Crippen LogP contribution in [-0.2, 0) is 0 Å². The van der Waals surface area contributed by atoms with Crippen molar-refractivity contribution in [3.8, 4) is 0 Å². The first kappa shape index (κ1) is 14.9. The Labute approximate surface area is 129 Å². The molecule has 0 saturated heterocycles. The highest BCUT2D eigenvalue weighted by Gasteiger charge is 2.08. The van der Waals surface area contributed by atoms with E-state index >= 15 is 0 Å². The Hall–Kier alpha value is -1.48. The van der Waals surface area contributed by atoms with Crippen molar-refractivity contribution < 1.29 is 0 Å². The summed E-state index contributed by atoms with van der Waals surface area (Å²) in [5, 5.41) is 3.56. The van der Waals surface area contributed by atoms with Crippen LogP contribution in [0.1, 0.15) is 18.4 Å². The van der Waals surface area contributed by atoms with Gasteiger partial charge in [0, 0.05) is 25.1 Å². The first-order valence-electron chi connectivity index (χ1n) is 6.83. The molecule has 0 aliphatic carbocycles. The highest BCUT2D eigenvalue weighted by atomic mass is 79.9. The van der Waals surface area contributed by atoms with Gasteiger partial charge >= 0.3 is 0 Å². The summed E-state index contributed by atoms with van der Waals surface area (Å²) in [5.41, 5.74) is 3.72. The van der Waals surface area contributed by atoms with Gasteiger partial charge in [0.15, 0.2) is 0 Å². The third-order valence-corrected chi connectivity index (χ3v) is 3.90. The maximum atomic E-state index is 3.56. The Kier molecular flexibility index (Phi) is 5.07. The van der Waals surface area contributed by atoms with Crippen molar-refractivity contribution in [2.45, 2.75) is 12.8 Å². The third kappa shape index (κ3) is 3.76. The van der Waals surface area contributed by atoms with Crippen LogP contribution < -0.4 is 10.2 Å². The molecule has 2 aromatic carbocycles. The van der Waals surface area contributed by atoms with Crippen molar-refractivity contribution in [3.05, 3.63) is 58.6 Å². The Morgan fingerprint density at radius 1 is 1.10 bits per heavy atom. The van der Waals surface area contributed by atoms with E-state index in [1.165, 1.54) is 11.3 Å². The van der Waals surface area contributed by atoms with Crippen LogP contribution in [0.4, 0.5) is 11.4 Å². The lowest BCUT2D eigenvalue weighted by Crippen LogP contribution is -2.15. The van der Waals surface area contributed by atoms with E-state index in [9.17, 15) is 0 Å². The van der Waals surface area contributed by atoms with Gasteiger partial charge in [0.2, 0.25) is 0 Å². The van der Waals surface area contributed by atoms with Crippen molar-refractivity contribution in [2.75, 3.05) is 30.9 Å². The summed E-state index contributed by atoms with van der Waals surface area (Å²) in [5.74, 6) is 0.477. The standard InChI is InChI=1S/C17H21BrN2/c1-13(14-7-5-4-6-8-14)12-19-16-11-15(18)9-10-17(16)20(2)3/h4-11,13,19H,12H2,1-3H3. The molecule has 2 aromatic rings. The molecule has 1 atom stereocenters. The minimum Gasteiger partial charge on any atom is -0.383 e. The number of benzene rings is 2. The summed E-state index contributed by atoms with van der Waals surface area (Å²) in [6, 6.07) is 16.9. The number of hydrogen-bond donors (Lipinski definition) is 1. The third-order valence-electron chi connectivity index (χ3n) is 3.41. The van der Waals surface area contributed by atoms with E-state index in [-0.39, 0.29) is 0 Å². The second-order valence-electron chi connectivity index (χ2n) is 5.25. The van der Waals surface area contributed by atoms with Crippen molar-refractivity contribution >= 4 is 27.3 Å². The zero-order valence-electron chi connectivity index (χ0n) is 12.2. The fourth-order valence-electron chi connectivity index (χ4n) is 2.20. The number of nitrogens with one attached hydrogen (secondary N) is 1. The largest absolute Gasteiger partial charge is 0.383 e. The van der Waals surface area contributed by atoms with E-state index in [0.717, 1.165) is 16.7 Å². The predicted octanol–water partition coefficient (Wildman–Crippen LogP) is 4.73. The Balaban J connectivity index is 2.09. The predicted molar refractivity (Wildman–Crippen MR) is 91.8 cm³/mol. The minimum atomic E-state index is 0.477. The Morgan fingerprint density at radius 3 is 2.45 bits per heavy atom. The maximum absolute atomic E-state index is 3.56. The molecule has 0 aliphatic heterocycles. The summed E-state index contributed by atoms with van der Waals surface area (Å²) in [7, 11) is 4.13. The van der Waals surface area contributed by atoms with Gasteiger partial charge in [-0.05, 0) is 29.7 Å². The smallest absolute Gasteiger partial charge is 0.0597 e. The van der Waals surface area contributed by atoms with Gasteiger partial charge in [-0.25, -0.2) is 0 Å². The van der Waals surface area contributed by atoms with E-state index in [1.807, 2.05) is 0 Å². The molecule has 0 amide bonds. The molecule has 0 fully saturated rings. The van der Waals surface area contributed by atoms with Gasteiger partial charge in [0.25, 0.3) is 0 Å². The topological polar surface area (TPSA) is 15.3 Å². The molecule has 0 saturated carbocycles. The summed E-state index contributed by atoms with van der Waals surface area (Å²) < 4.78 is 1.10. The molecule has 0 aromatic heterocycles. The van der Waals surface area contributed by atoms with Crippen LogP contribution in [0.15, 0.2) is 53.0 Å². The van der Waals surface area contributed by atoms with Gasteiger partial charge in [0.1, 0.15) is 0 Å². The molecule has 1 N–H and O–H groups in total. The van der Waals surface area contributed by atoms with E-state index in [0.29, 0.717) is 5.92 Å². The first-order chi connectivity index (χ1) is 9.58. The highest BCUT2D eigenvalue weighted by molar-refractivity contribution is 9.10. The molecule has 1 unspecified atom stereocenters. The van der Waals surface area contributed by atoms with Gasteiger partial charge in [0.05, 0.1) is 11.4 Å². The van der Waals surface area contributed by atoms with Gasteiger partial charge in [-0.2, -0.15) is 0 Å². The second kappa shape index (κ2) is 6.80. The normalized spacial score (nSPS) is 12.0. The van der Waals surface area contributed by atoms with Gasteiger partial charge in [-0.1, -0.05) is 53.2 Å². The van der Waals surface area contributed by atoms with E-state index in [4.69, 9.17) is 0 Å². The zero-order chi connectivity index (χ0) is 14.5. The van der Waals surface area contributed by atoms with Crippen LogP contribution >= 0.6 is 15.9 Å². The number of anilines is 2. The fraction of sp³-hybridized carbons (Fsp3) is 0.294. The second-order valence-corrected chi connectivity index (χ2v) is 6.16. The lowest BCUT2D eigenvalue weighted by atomic mass is 10.0. The van der Waals surface area contributed by atoms with Gasteiger partial charge < -0.3 is 10.2 Å². The lowest BCUT2D eigenvalue weighted by Gasteiger charge is -2.21. The van der Waals surface area contributed by atoms with Gasteiger partial charge in [-0.3, -0.25) is 0 Å². The monoisotopic (exact) mass is 332 g/mol. The highest BCUT2D eigenvalue weighted by Crippen LogP contribution is 2.28. The van der Waals surface area contributed by atoms with Crippen molar-refractivity contribution in [2.24, 2.45) is 0 Å². The first-order valence-corrected chi connectivity index (χ1v) is 7.63. The summed E-state index contributed by atoms with van der Waals surface area (Å²) in [6.45, 7) is 3.16. The van der Waals surface area contributed by atoms with Crippen molar-refractivity contribution in [1.82, 2.24) is 0 Å². The van der Waals surface area contributed by atoms with Crippen LogP contribution in [0.5, 0.6) is 0 Å². The SMILES string of the molecule is CC(CNc1cc(Br)ccc1N(C)C)c1ccccc1. The van der Waals surface area contributed by atoms with E-state index in [1.54, 1.807) is 0 Å². The zero-order valence-corrected chi connectivity index (χ0v) is 13.8. The molecule has 3 heteroatoms. The van der Waals surface area contributed by atoms with Crippen molar-refractivity contribution in [3.63, 3.8) is 0 Å². The van der Waals surface area contributed by atoms with Crippen LogP contribution in [0.25, 0.3) is 0 Å². The molecule has 0 aliphatic rings. The van der Waals surface area contributed by atoms with Crippen LogP contribution in [0, 0.1) is 0 Å². The van der Waals surface area contributed by atoms with E-state index < -0.39 is 0 Å². The summed E-state index contributed by atoms with van der Waals surface area (Å²) >= 11 is 3.54. The number of halogens is 1. The molecule has 20 heavy (non-hydrogen) atoms. The van der Waals surface area contributed by atoms with Crippen LogP contribution in [-0.4, -0.2) is 20.6 Å². The molecule has 0 bridgehead atoms. The molecule has 0 radical (unpaired) electrons. The lowest BCUT2D eigenvalue weighted by molar-refractivity contribution is 0.804. The summed E-state index contributed by atoms with van der Waals surface area (Å²) in [6.07, 6.45) is 0. The quantitative estimate of drug-likeness (QED) is 0.851. The Morgan fingerprint density at radius 2 is 1.80 bits per heavy atom. The van der Waals surface area contributed by atoms with E-state index in [2.05, 4.69) is 95.7 Å². The number of hydrogen-bond acceptors (Lipinski definition) is 2.